The third-order valence-corrected chi connectivity index (χ3v) is 3.25. The Hall–Kier alpha value is -0.860. The largest absolute Gasteiger partial charge is 0.381 e. The minimum atomic E-state index is 0.0906. The number of hydrogen-bond donors (Lipinski definition) is 1. The van der Waals surface area contributed by atoms with Crippen LogP contribution in [0.15, 0.2) is 24.3 Å². The van der Waals surface area contributed by atoms with Crippen LogP contribution in [0.2, 0.25) is 0 Å². The molecule has 0 saturated carbocycles. The van der Waals surface area contributed by atoms with Crippen LogP contribution >= 0.6 is 0 Å². The molecule has 0 aliphatic carbocycles. The summed E-state index contributed by atoms with van der Waals surface area (Å²) >= 11 is 0. The Morgan fingerprint density at radius 3 is 2.22 bits per heavy atom. The summed E-state index contributed by atoms with van der Waals surface area (Å²) in [7, 11) is 0. The summed E-state index contributed by atoms with van der Waals surface area (Å²) in [5, 5.41) is 0. The van der Waals surface area contributed by atoms with Gasteiger partial charge in [-0.05, 0) is 29.9 Å². The highest BCUT2D eigenvalue weighted by molar-refractivity contribution is 5.26. The minimum absolute atomic E-state index is 0.0906. The average Bonchev–Trinajstić information content (AvgIpc) is 2.38. The van der Waals surface area contributed by atoms with Crippen molar-refractivity contribution in [3.05, 3.63) is 35.4 Å². The van der Waals surface area contributed by atoms with Crippen molar-refractivity contribution in [3.8, 4) is 0 Å². The van der Waals surface area contributed by atoms with Gasteiger partial charge in [-0.2, -0.15) is 0 Å². The summed E-state index contributed by atoms with van der Waals surface area (Å²) in [6, 6.07) is 8.74. The summed E-state index contributed by atoms with van der Waals surface area (Å²) in [6.45, 7) is 8.20. The lowest BCUT2D eigenvalue weighted by Crippen LogP contribution is -2.13. The summed E-state index contributed by atoms with van der Waals surface area (Å²) in [5.41, 5.74) is 8.73. The molecule has 0 aromatic heterocycles. The highest BCUT2D eigenvalue weighted by atomic mass is 16.5. The van der Waals surface area contributed by atoms with Crippen LogP contribution in [-0.2, 0) is 4.74 Å². The molecular weight excluding hydrogens is 222 g/mol. The van der Waals surface area contributed by atoms with E-state index in [1.54, 1.807) is 0 Å². The molecule has 0 saturated heterocycles. The second kappa shape index (κ2) is 8.28. The Balaban J connectivity index is 2.34. The summed E-state index contributed by atoms with van der Waals surface area (Å²) in [5.74, 6) is 0.577. The maximum atomic E-state index is 6.16. The van der Waals surface area contributed by atoms with Crippen molar-refractivity contribution in [1.82, 2.24) is 0 Å². The van der Waals surface area contributed by atoms with Crippen molar-refractivity contribution in [2.24, 2.45) is 5.73 Å². The van der Waals surface area contributed by atoms with Gasteiger partial charge >= 0.3 is 0 Å². The standard InChI is InChI=1S/C16H27NO/c1-4-5-11-18-12-10-16(17)15-8-6-14(7-9-15)13(2)3/h6-9,13,16H,4-5,10-12,17H2,1-3H3. The predicted molar refractivity (Wildman–Crippen MR) is 77.8 cm³/mol. The molecule has 0 heterocycles. The zero-order valence-electron chi connectivity index (χ0n) is 12.0. The van der Waals surface area contributed by atoms with Gasteiger partial charge in [0.15, 0.2) is 0 Å². The normalized spacial score (nSPS) is 12.9. The van der Waals surface area contributed by atoms with Gasteiger partial charge in [-0.15, -0.1) is 0 Å². The van der Waals surface area contributed by atoms with Crippen LogP contribution in [0.3, 0.4) is 0 Å². The van der Waals surface area contributed by atoms with E-state index < -0.39 is 0 Å². The van der Waals surface area contributed by atoms with E-state index in [0.29, 0.717) is 5.92 Å². The highest BCUT2D eigenvalue weighted by Gasteiger charge is 2.06. The molecule has 1 aromatic carbocycles. The van der Waals surface area contributed by atoms with Crippen LogP contribution < -0.4 is 5.73 Å². The molecule has 1 atom stereocenters. The van der Waals surface area contributed by atoms with Crippen molar-refractivity contribution < 1.29 is 4.74 Å². The SMILES string of the molecule is CCCCOCCC(N)c1ccc(C(C)C)cc1. The van der Waals surface area contributed by atoms with Crippen LogP contribution in [0, 0.1) is 0 Å². The molecule has 102 valence electrons. The zero-order chi connectivity index (χ0) is 13.4. The zero-order valence-corrected chi connectivity index (χ0v) is 12.0. The van der Waals surface area contributed by atoms with E-state index in [4.69, 9.17) is 10.5 Å². The van der Waals surface area contributed by atoms with E-state index in [-0.39, 0.29) is 6.04 Å². The van der Waals surface area contributed by atoms with Crippen molar-refractivity contribution >= 4 is 0 Å². The maximum Gasteiger partial charge on any atom is 0.0484 e. The molecule has 0 fully saturated rings. The van der Waals surface area contributed by atoms with Crippen LogP contribution in [0.1, 0.15) is 63.1 Å². The number of hydrogen-bond acceptors (Lipinski definition) is 2. The van der Waals surface area contributed by atoms with Crippen LogP contribution in [0.5, 0.6) is 0 Å². The molecule has 0 aliphatic rings. The average molecular weight is 249 g/mol. The fourth-order valence-electron chi connectivity index (χ4n) is 1.85. The van der Waals surface area contributed by atoms with E-state index in [1.165, 1.54) is 17.5 Å². The van der Waals surface area contributed by atoms with Gasteiger partial charge in [-0.3, -0.25) is 0 Å². The fourth-order valence-corrected chi connectivity index (χ4v) is 1.85. The van der Waals surface area contributed by atoms with Gasteiger partial charge in [-0.25, -0.2) is 0 Å². The lowest BCUT2D eigenvalue weighted by molar-refractivity contribution is 0.124. The first-order valence-electron chi connectivity index (χ1n) is 7.08. The van der Waals surface area contributed by atoms with Gasteiger partial charge in [-0.1, -0.05) is 51.5 Å². The molecule has 0 aliphatic heterocycles. The topological polar surface area (TPSA) is 35.2 Å². The number of ether oxygens (including phenoxy) is 1. The number of rotatable bonds is 8. The number of benzene rings is 1. The molecule has 0 amide bonds. The summed E-state index contributed by atoms with van der Waals surface area (Å²) in [4.78, 5) is 0. The smallest absolute Gasteiger partial charge is 0.0484 e. The molecule has 2 nitrogen and oxygen atoms in total. The van der Waals surface area contributed by atoms with E-state index in [2.05, 4.69) is 45.0 Å². The van der Waals surface area contributed by atoms with Gasteiger partial charge in [0.1, 0.15) is 0 Å². The highest BCUT2D eigenvalue weighted by Crippen LogP contribution is 2.19. The Kier molecular flexibility index (Phi) is 6.99. The van der Waals surface area contributed by atoms with Crippen molar-refractivity contribution in [2.75, 3.05) is 13.2 Å². The van der Waals surface area contributed by atoms with Crippen molar-refractivity contribution in [1.29, 1.82) is 0 Å². The first-order chi connectivity index (χ1) is 8.65. The van der Waals surface area contributed by atoms with Crippen molar-refractivity contribution in [2.45, 2.75) is 52.0 Å². The first kappa shape index (κ1) is 15.2. The third kappa shape index (κ3) is 5.19. The van der Waals surface area contributed by atoms with E-state index >= 15 is 0 Å². The van der Waals surface area contributed by atoms with Crippen molar-refractivity contribution in [3.63, 3.8) is 0 Å². The van der Waals surface area contributed by atoms with Gasteiger partial charge in [0.25, 0.3) is 0 Å². The van der Waals surface area contributed by atoms with Gasteiger partial charge in [0, 0.05) is 19.3 Å². The lowest BCUT2D eigenvalue weighted by Gasteiger charge is -2.13. The van der Waals surface area contributed by atoms with Crippen LogP contribution in [0.4, 0.5) is 0 Å². The van der Waals surface area contributed by atoms with Gasteiger partial charge < -0.3 is 10.5 Å². The van der Waals surface area contributed by atoms with E-state index in [0.717, 1.165) is 26.1 Å². The molecular formula is C16H27NO. The van der Waals surface area contributed by atoms with Crippen LogP contribution in [-0.4, -0.2) is 13.2 Å². The lowest BCUT2D eigenvalue weighted by atomic mass is 9.98. The molecule has 0 bridgehead atoms. The minimum Gasteiger partial charge on any atom is -0.381 e. The van der Waals surface area contributed by atoms with Gasteiger partial charge in [0.05, 0.1) is 0 Å². The Bertz CT molecular complexity index is 318. The quantitative estimate of drug-likeness (QED) is 0.706. The second-order valence-electron chi connectivity index (χ2n) is 5.18. The molecule has 1 unspecified atom stereocenters. The Morgan fingerprint density at radius 2 is 1.67 bits per heavy atom. The fraction of sp³-hybridized carbons (Fsp3) is 0.625. The van der Waals surface area contributed by atoms with E-state index in [1.807, 2.05) is 0 Å². The monoisotopic (exact) mass is 249 g/mol. The molecule has 2 N–H and O–H groups in total. The van der Waals surface area contributed by atoms with Crippen LogP contribution in [0.25, 0.3) is 0 Å². The van der Waals surface area contributed by atoms with E-state index in [9.17, 15) is 0 Å². The molecule has 1 rings (SSSR count). The second-order valence-corrected chi connectivity index (χ2v) is 5.18. The summed E-state index contributed by atoms with van der Waals surface area (Å²) in [6.07, 6.45) is 3.21. The third-order valence-electron chi connectivity index (χ3n) is 3.25. The predicted octanol–water partition coefficient (Wildman–Crippen LogP) is 4.02. The number of unbranched alkanes of at least 4 members (excludes halogenated alkanes) is 1. The first-order valence-corrected chi connectivity index (χ1v) is 7.08. The number of nitrogens with two attached hydrogens (primary N) is 1. The molecule has 0 radical (unpaired) electrons. The Morgan fingerprint density at radius 1 is 1.06 bits per heavy atom. The molecule has 2 heteroatoms. The molecule has 1 aromatic rings. The summed E-state index contributed by atoms with van der Waals surface area (Å²) < 4.78 is 5.55. The van der Waals surface area contributed by atoms with Gasteiger partial charge in [0.2, 0.25) is 0 Å². The Labute approximate surface area is 112 Å². The maximum absolute atomic E-state index is 6.16. The molecule has 0 spiro atoms. The molecule has 18 heavy (non-hydrogen) atoms.